The molecule has 5 nitrogen and oxygen atoms in total. The fourth-order valence-corrected chi connectivity index (χ4v) is 1.50. The average molecular weight is 287 g/mol. The molecule has 0 aliphatic carbocycles. The Hall–Kier alpha value is -2.42. The maximum Gasteiger partial charge on any atom is 0.275 e. The molecule has 6 heteroatoms. The first-order chi connectivity index (χ1) is 9.69. The lowest BCUT2D eigenvalue weighted by Gasteiger charge is -2.03. The number of halogens is 1. The molecule has 0 aromatic carbocycles. The van der Waals surface area contributed by atoms with Crippen LogP contribution in [-0.4, -0.2) is 22.4 Å². The number of nitrogens with one attached hydrogen (secondary N) is 1. The molecule has 2 aromatic rings. The highest BCUT2D eigenvalue weighted by Crippen LogP contribution is 2.10. The lowest BCUT2D eigenvalue weighted by molar-refractivity contribution is 0.102. The molecule has 2 aromatic heterocycles. The molecule has 0 saturated carbocycles. The normalized spacial score (nSPS) is 9.50. The van der Waals surface area contributed by atoms with Crippen LogP contribution >= 0.6 is 11.6 Å². The van der Waals surface area contributed by atoms with Crippen molar-refractivity contribution in [2.75, 3.05) is 11.9 Å². The van der Waals surface area contributed by atoms with Crippen molar-refractivity contribution in [3.05, 3.63) is 52.9 Å². The highest BCUT2D eigenvalue weighted by atomic mass is 35.5. The van der Waals surface area contributed by atoms with Gasteiger partial charge in [-0.3, -0.25) is 4.79 Å². The largest absolute Gasteiger partial charge is 0.320 e. The van der Waals surface area contributed by atoms with Crippen molar-refractivity contribution >= 4 is 23.3 Å². The van der Waals surface area contributed by atoms with Crippen molar-refractivity contribution < 1.29 is 4.79 Å². The van der Waals surface area contributed by atoms with Crippen LogP contribution in [0.4, 0.5) is 5.82 Å². The number of amides is 1. The minimum absolute atomic E-state index is 0.278. The Morgan fingerprint density at radius 1 is 1.25 bits per heavy atom. The van der Waals surface area contributed by atoms with Crippen molar-refractivity contribution in [3.63, 3.8) is 0 Å². The van der Waals surface area contributed by atoms with Crippen LogP contribution in [0.1, 0.15) is 16.1 Å². The van der Waals surface area contributed by atoms with Crippen LogP contribution in [0.5, 0.6) is 0 Å². The number of rotatable bonds is 2. The smallest absolute Gasteiger partial charge is 0.275 e. The number of hydrogen-bond acceptors (Lipinski definition) is 4. The molecule has 2 heterocycles. The zero-order chi connectivity index (χ0) is 14.4. The van der Waals surface area contributed by atoms with Crippen LogP contribution in [0.2, 0.25) is 5.02 Å². The van der Waals surface area contributed by atoms with Crippen LogP contribution in [0, 0.1) is 11.8 Å². The molecule has 1 amide bonds. The SMILES string of the molecule is NCC#Cc1ccc(C(=O)Nc2ccc(Cl)cn2)nc1. The molecule has 0 bridgehead atoms. The first-order valence-electron chi connectivity index (χ1n) is 5.77. The van der Waals surface area contributed by atoms with Crippen molar-refractivity contribution in [2.24, 2.45) is 5.73 Å². The van der Waals surface area contributed by atoms with Gasteiger partial charge < -0.3 is 11.1 Å². The lowest BCUT2D eigenvalue weighted by atomic mass is 10.2. The first kappa shape index (κ1) is 14.0. The monoisotopic (exact) mass is 286 g/mol. The summed E-state index contributed by atoms with van der Waals surface area (Å²) in [7, 11) is 0. The van der Waals surface area contributed by atoms with E-state index in [2.05, 4.69) is 27.1 Å². The summed E-state index contributed by atoms with van der Waals surface area (Å²) in [5, 5.41) is 3.12. The third kappa shape index (κ3) is 3.79. The van der Waals surface area contributed by atoms with E-state index in [1.807, 2.05) is 0 Å². The van der Waals surface area contributed by atoms with E-state index in [0.29, 0.717) is 16.4 Å². The molecular weight excluding hydrogens is 276 g/mol. The van der Waals surface area contributed by atoms with Gasteiger partial charge in [0, 0.05) is 18.0 Å². The van der Waals surface area contributed by atoms with Crippen molar-refractivity contribution in [1.29, 1.82) is 0 Å². The van der Waals surface area contributed by atoms with Gasteiger partial charge in [-0.1, -0.05) is 23.4 Å². The van der Waals surface area contributed by atoms with Crippen molar-refractivity contribution in [3.8, 4) is 11.8 Å². The van der Waals surface area contributed by atoms with E-state index in [1.54, 1.807) is 24.3 Å². The predicted molar refractivity (Wildman–Crippen MR) is 77.4 cm³/mol. The van der Waals surface area contributed by atoms with E-state index in [9.17, 15) is 4.79 Å². The highest BCUT2D eigenvalue weighted by Gasteiger charge is 2.07. The number of hydrogen-bond donors (Lipinski definition) is 2. The summed E-state index contributed by atoms with van der Waals surface area (Å²) >= 11 is 5.71. The number of pyridine rings is 2. The molecule has 0 spiro atoms. The van der Waals surface area contributed by atoms with E-state index < -0.39 is 0 Å². The average Bonchev–Trinajstić information content (AvgIpc) is 2.48. The van der Waals surface area contributed by atoms with E-state index in [1.165, 1.54) is 12.4 Å². The van der Waals surface area contributed by atoms with Gasteiger partial charge in [0.2, 0.25) is 0 Å². The second-order valence-corrected chi connectivity index (χ2v) is 4.19. The van der Waals surface area contributed by atoms with Gasteiger partial charge in [0.05, 0.1) is 11.6 Å². The molecule has 0 aliphatic heterocycles. The molecule has 100 valence electrons. The van der Waals surface area contributed by atoms with Gasteiger partial charge in [-0.25, -0.2) is 9.97 Å². The maximum atomic E-state index is 11.9. The minimum Gasteiger partial charge on any atom is -0.320 e. The number of nitrogens with zero attached hydrogens (tertiary/aromatic N) is 2. The molecule has 20 heavy (non-hydrogen) atoms. The minimum atomic E-state index is -0.349. The van der Waals surface area contributed by atoms with E-state index in [0.717, 1.165) is 0 Å². The Balaban J connectivity index is 2.07. The fraction of sp³-hybridized carbons (Fsp3) is 0.0714. The Labute approximate surface area is 121 Å². The Morgan fingerprint density at radius 2 is 2.10 bits per heavy atom. The molecule has 0 radical (unpaired) electrons. The molecule has 2 rings (SSSR count). The molecule has 0 saturated heterocycles. The Morgan fingerprint density at radius 3 is 2.70 bits per heavy atom. The molecule has 0 fully saturated rings. The van der Waals surface area contributed by atoms with Crippen molar-refractivity contribution in [2.45, 2.75) is 0 Å². The maximum absolute atomic E-state index is 11.9. The van der Waals surface area contributed by atoms with Gasteiger partial charge in [0.1, 0.15) is 11.5 Å². The highest BCUT2D eigenvalue weighted by molar-refractivity contribution is 6.30. The number of nitrogens with two attached hydrogens (primary N) is 1. The summed E-state index contributed by atoms with van der Waals surface area (Å²) in [6.45, 7) is 0.282. The van der Waals surface area contributed by atoms with E-state index in [4.69, 9.17) is 17.3 Å². The molecule has 3 N–H and O–H groups in total. The summed E-state index contributed by atoms with van der Waals surface area (Å²) in [5.74, 6) is 5.60. The summed E-state index contributed by atoms with van der Waals surface area (Å²) in [5.41, 5.74) is 6.26. The first-order valence-corrected chi connectivity index (χ1v) is 6.15. The third-order valence-electron chi connectivity index (χ3n) is 2.30. The van der Waals surface area contributed by atoms with E-state index >= 15 is 0 Å². The Bertz CT molecular complexity index is 656. The number of anilines is 1. The summed E-state index contributed by atoms with van der Waals surface area (Å²) in [4.78, 5) is 19.9. The van der Waals surface area contributed by atoms with Gasteiger partial charge in [-0.15, -0.1) is 0 Å². The van der Waals surface area contributed by atoms with E-state index in [-0.39, 0.29) is 18.1 Å². The molecular formula is C14H11ClN4O. The van der Waals surface area contributed by atoms with Crippen LogP contribution in [0.25, 0.3) is 0 Å². The summed E-state index contributed by atoms with van der Waals surface area (Å²) in [6, 6.07) is 6.55. The van der Waals surface area contributed by atoms with Crippen LogP contribution in [0.3, 0.4) is 0 Å². The second-order valence-electron chi connectivity index (χ2n) is 3.75. The lowest BCUT2D eigenvalue weighted by Crippen LogP contribution is -2.14. The van der Waals surface area contributed by atoms with Gasteiger partial charge in [0.15, 0.2) is 0 Å². The zero-order valence-corrected chi connectivity index (χ0v) is 11.2. The van der Waals surface area contributed by atoms with Crippen LogP contribution < -0.4 is 11.1 Å². The van der Waals surface area contributed by atoms with Gasteiger partial charge in [-0.05, 0) is 24.3 Å². The predicted octanol–water partition coefficient (Wildman–Crippen LogP) is 1.69. The molecule has 0 atom stereocenters. The van der Waals surface area contributed by atoms with Crippen molar-refractivity contribution in [1.82, 2.24) is 9.97 Å². The van der Waals surface area contributed by atoms with Gasteiger partial charge in [-0.2, -0.15) is 0 Å². The Kier molecular flexibility index (Phi) is 4.66. The molecule has 0 aliphatic rings. The van der Waals surface area contributed by atoms with Gasteiger partial charge >= 0.3 is 0 Å². The zero-order valence-electron chi connectivity index (χ0n) is 10.4. The quantitative estimate of drug-likeness (QED) is 0.823. The third-order valence-corrected chi connectivity index (χ3v) is 2.52. The number of carbonyl (C=O) groups excluding carboxylic acids is 1. The van der Waals surface area contributed by atoms with Crippen LogP contribution in [0.15, 0.2) is 36.7 Å². The fourth-order valence-electron chi connectivity index (χ4n) is 1.39. The van der Waals surface area contributed by atoms with Gasteiger partial charge in [0.25, 0.3) is 5.91 Å². The second kappa shape index (κ2) is 6.66. The summed E-state index contributed by atoms with van der Waals surface area (Å²) in [6.07, 6.45) is 2.98. The number of aromatic nitrogens is 2. The topological polar surface area (TPSA) is 80.9 Å². The van der Waals surface area contributed by atoms with Crippen LogP contribution in [-0.2, 0) is 0 Å². The number of carbonyl (C=O) groups is 1. The standard InChI is InChI=1S/C14H11ClN4O/c15-11-4-6-13(18-9-11)19-14(20)12-5-3-10(8-17-12)2-1-7-16/h3-6,8-9H,7,16H2,(H,18,19,20). The molecule has 0 unspecified atom stereocenters. The summed E-state index contributed by atoms with van der Waals surface area (Å²) < 4.78 is 0.